The van der Waals surface area contributed by atoms with Crippen LogP contribution in [0.1, 0.15) is 11.3 Å². The lowest BCUT2D eigenvalue weighted by molar-refractivity contribution is 0.152. The SMILES string of the molecule is CNCc1c(C)nn(C)c1N(CCO)CC(F)F. The highest BCUT2D eigenvalue weighted by Gasteiger charge is 2.21. The van der Waals surface area contributed by atoms with Crippen LogP contribution < -0.4 is 10.2 Å². The largest absolute Gasteiger partial charge is 0.395 e. The Labute approximate surface area is 105 Å². The van der Waals surface area contributed by atoms with E-state index in [0.29, 0.717) is 12.4 Å². The number of hydrogen-bond donors (Lipinski definition) is 2. The fourth-order valence-electron chi connectivity index (χ4n) is 2.04. The number of aryl methyl sites for hydroxylation is 2. The predicted octanol–water partition coefficient (Wildman–Crippen LogP) is 0.512. The van der Waals surface area contributed by atoms with E-state index in [1.165, 1.54) is 4.90 Å². The first-order chi connectivity index (χ1) is 8.51. The molecule has 0 atom stereocenters. The standard InChI is InChI=1S/C11H20F2N4O/c1-8-9(6-14-2)11(16(3)15-8)17(4-5-18)7-10(12)13/h10,14,18H,4-7H2,1-3H3. The second-order valence-electron chi connectivity index (χ2n) is 4.10. The zero-order chi connectivity index (χ0) is 13.7. The Bertz CT molecular complexity index is 381. The third kappa shape index (κ3) is 3.39. The summed E-state index contributed by atoms with van der Waals surface area (Å²) in [5.74, 6) is 0.635. The molecule has 0 amide bonds. The van der Waals surface area contributed by atoms with E-state index in [1.807, 2.05) is 6.92 Å². The minimum Gasteiger partial charge on any atom is -0.395 e. The molecule has 0 spiro atoms. The Kier molecular flexibility index (Phi) is 5.49. The molecular formula is C11H20F2N4O. The van der Waals surface area contributed by atoms with Gasteiger partial charge in [0.05, 0.1) is 18.8 Å². The molecule has 0 bridgehead atoms. The lowest BCUT2D eigenvalue weighted by atomic mass is 10.2. The van der Waals surface area contributed by atoms with Crippen LogP contribution in [0.25, 0.3) is 0 Å². The second-order valence-corrected chi connectivity index (χ2v) is 4.10. The van der Waals surface area contributed by atoms with Crippen LogP contribution in [0, 0.1) is 6.92 Å². The van der Waals surface area contributed by atoms with E-state index < -0.39 is 13.0 Å². The molecule has 1 heterocycles. The monoisotopic (exact) mass is 262 g/mol. The molecule has 104 valence electrons. The lowest BCUT2D eigenvalue weighted by Gasteiger charge is -2.24. The molecule has 0 fully saturated rings. The summed E-state index contributed by atoms with van der Waals surface area (Å²) in [5.41, 5.74) is 1.69. The molecule has 7 heteroatoms. The quantitative estimate of drug-likeness (QED) is 0.752. The second kappa shape index (κ2) is 6.65. The molecule has 1 aromatic heterocycles. The molecular weight excluding hydrogens is 242 g/mol. The van der Waals surface area contributed by atoms with E-state index in [4.69, 9.17) is 5.11 Å². The predicted molar refractivity (Wildman–Crippen MR) is 66.0 cm³/mol. The van der Waals surface area contributed by atoms with Crippen LogP contribution in [0.5, 0.6) is 0 Å². The number of aliphatic hydroxyl groups excluding tert-OH is 1. The minimum absolute atomic E-state index is 0.167. The van der Waals surface area contributed by atoms with E-state index in [2.05, 4.69) is 10.4 Å². The molecule has 18 heavy (non-hydrogen) atoms. The number of nitrogens with one attached hydrogen (secondary N) is 1. The van der Waals surface area contributed by atoms with Gasteiger partial charge in [-0.1, -0.05) is 0 Å². The Balaban J connectivity index is 3.08. The molecule has 0 aromatic carbocycles. The number of aromatic nitrogens is 2. The van der Waals surface area contributed by atoms with Crippen molar-refractivity contribution in [1.82, 2.24) is 15.1 Å². The van der Waals surface area contributed by atoms with E-state index in [9.17, 15) is 8.78 Å². The van der Waals surface area contributed by atoms with Crippen molar-refractivity contribution in [3.8, 4) is 0 Å². The van der Waals surface area contributed by atoms with Gasteiger partial charge in [-0.3, -0.25) is 4.68 Å². The first-order valence-corrected chi connectivity index (χ1v) is 5.82. The van der Waals surface area contributed by atoms with Crippen molar-refractivity contribution in [2.24, 2.45) is 7.05 Å². The number of halogens is 2. The Morgan fingerprint density at radius 1 is 1.50 bits per heavy atom. The summed E-state index contributed by atoms with van der Waals surface area (Å²) in [6, 6.07) is 0. The third-order valence-corrected chi connectivity index (χ3v) is 2.69. The maximum atomic E-state index is 12.6. The van der Waals surface area contributed by atoms with Crippen molar-refractivity contribution in [3.63, 3.8) is 0 Å². The van der Waals surface area contributed by atoms with Crippen molar-refractivity contribution in [1.29, 1.82) is 0 Å². The smallest absolute Gasteiger partial charge is 0.255 e. The fourth-order valence-corrected chi connectivity index (χ4v) is 2.04. The molecule has 0 unspecified atom stereocenters. The number of anilines is 1. The Hall–Kier alpha value is -1.21. The summed E-state index contributed by atoms with van der Waals surface area (Å²) in [5, 5.41) is 16.2. The van der Waals surface area contributed by atoms with Gasteiger partial charge in [0.1, 0.15) is 5.82 Å². The van der Waals surface area contributed by atoms with Crippen LogP contribution in [0.4, 0.5) is 14.6 Å². The van der Waals surface area contributed by atoms with Crippen molar-refractivity contribution in [2.75, 3.05) is 31.6 Å². The highest BCUT2D eigenvalue weighted by molar-refractivity contribution is 5.50. The maximum Gasteiger partial charge on any atom is 0.255 e. The normalized spacial score (nSPS) is 11.3. The van der Waals surface area contributed by atoms with Crippen molar-refractivity contribution >= 4 is 5.82 Å². The van der Waals surface area contributed by atoms with Crippen molar-refractivity contribution in [3.05, 3.63) is 11.3 Å². The van der Waals surface area contributed by atoms with Crippen LogP contribution >= 0.6 is 0 Å². The van der Waals surface area contributed by atoms with E-state index in [1.54, 1.807) is 18.8 Å². The van der Waals surface area contributed by atoms with Crippen LogP contribution in [-0.4, -0.2) is 48.1 Å². The zero-order valence-corrected chi connectivity index (χ0v) is 11.0. The minimum atomic E-state index is -2.45. The number of alkyl halides is 2. The first kappa shape index (κ1) is 14.8. The van der Waals surface area contributed by atoms with Gasteiger partial charge in [-0.25, -0.2) is 8.78 Å². The third-order valence-electron chi connectivity index (χ3n) is 2.69. The highest BCUT2D eigenvalue weighted by atomic mass is 19.3. The average molecular weight is 262 g/mol. The summed E-state index contributed by atoms with van der Waals surface area (Å²) in [6.07, 6.45) is -2.45. The number of aliphatic hydroxyl groups is 1. The summed E-state index contributed by atoms with van der Waals surface area (Å²) in [7, 11) is 3.51. The molecule has 0 aliphatic heterocycles. The van der Waals surface area contributed by atoms with Gasteiger partial charge in [0, 0.05) is 25.7 Å². The number of nitrogens with zero attached hydrogens (tertiary/aromatic N) is 3. The van der Waals surface area contributed by atoms with Crippen molar-refractivity contribution < 1.29 is 13.9 Å². The van der Waals surface area contributed by atoms with Gasteiger partial charge in [-0.15, -0.1) is 0 Å². The van der Waals surface area contributed by atoms with E-state index >= 15 is 0 Å². The lowest BCUT2D eigenvalue weighted by Crippen LogP contribution is -2.34. The maximum absolute atomic E-state index is 12.6. The van der Waals surface area contributed by atoms with Gasteiger partial charge in [-0.05, 0) is 14.0 Å². The number of rotatable bonds is 7. The molecule has 0 aliphatic carbocycles. The highest BCUT2D eigenvalue weighted by Crippen LogP contribution is 2.23. The van der Waals surface area contributed by atoms with Crippen LogP contribution in [0.2, 0.25) is 0 Å². The fraction of sp³-hybridized carbons (Fsp3) is 0.727. The zero-order valence-electron chi connectivity index (χ0n) is 11.0. The van der Waals surface area contributed by atoms with Gasteiger partial charge < -0.3 is 15.3 Å². The molecule has 5 nitrogen and oxygen atoms in total. The van der Waals surface area contributed by atoms with Gasteiger partial charge >= 0.3 is 0 Å². The van der Waals surface area contributed by atoms with Gasteiger partial charge in [0.2, 0.25) is 0 Å². The van der Waals surface area contributed by atoms with Gasteiger partial charge in [0.15, 0.2) is 0 Å². The van der Waals surface area contributed by atoms with E-state index in [-0.39, 0.29) is 13.2 Å². The average Bonchev–Trinajstić information content (AvgIpc) is 2.53. The summed E-state index contributed by atoms with van der Waals surface area (Å²) in [4.78, 5) is 1.47. The molecule has 0 saturated heterocycles. The Morgan fingerprint density at radius 2 is 2.17 bits per heavy atom. The Morgan fingerprint density at radius 3 is 2.67 bits per heavy atom. The molecule has 1 rings (SSSR count). The van der Waals surface area contributed by atoms with Crippen molar-refractivity contribution in [2.45, 2.75) is 19.9 Å². The molecule has 1 aromatic rings. The van der Waals surface area contributed by atoms with Crippen LogP contribution in [-0.2, 0) is 13.6 Å². The van der Waals surface area contributed by atoms with E-state index in [0.717, 1.165) is 11.3 Å². The molecule has 0 radical (unpaired) electrons. The molecule has 0 aliphatic rings. The topological polar surface area (TPSA) is 53.3 Å². The summed E-state index contributed by atoms with van der Waals surface area (Å²) in [6.45, 7) is 1.99. The summed E-state index contributed by atoms with van der Waals surface area (Å²) >= 11 is 0. The summed E-state index contributed by atoms with van der Waals surface area (Å²) < 4.78 is 26.7. The number of hydrogen-bond acceptors (Lipinski definition) is 4. The molecule has 2 N–H and O–H groups in total. The van der Waals surface area contributed by atoms with Crippen LogP contribution in [0.3, 0.4) is 0 Å². The first-order valence-electron chi connectivity index (χ1n) is 5.82. The molecule has 0 saturated carbocycles. The van der Waals surface area contributed by atoms with Crippen LogP contribution in [0.15, 0.2) is 0 Å². The van der Waals surface area contributed by atoms with Gasteiger partial charge in [0.25, 0.3) is 6.43 Å². The van der Waals surface area contributed by atoms with Gasteiger partial charge in [-0.2, -0.15) is 5.10 Å².